The number of nitrogens with zero attached hydrogens (tertiary/aromatic N) is 2. The summed E-state index contributed by atoms with van der Waals surface area (Å²) in [5, 5.41) is 10.6. The summed E-state index contributed by atoms with van der Waals surface area (Å²) in [4.78, 5) is 0. The van der Waals surface area contributed by atoms with Gasteiger partial charge in [0.2, 0.25) is 5.75 Å². The lowest BCUT2D eigenvalue weighted by atomic mass is 9.95. The standard InChI is InChI=1S/C17H25N3O3/c1-5-21-15-9-8-14(12(4)10-13-11-18-20-19-13)16(22-6-2)17(15)23-7-3/h8-9,11-12H,5-7,10H2,1-4H3,(H,18,19,20). The Labute approximate surface area is 137 Å². The van der Waals surface area contributed by atoms with E-state index in [0.29, 0.717) is 25.6 Å². The molecule has 0 aliphatic heterocycles. The van der Waals surface area contributed by atoms with Gasteiger partial charge in [-0.1, -0.05) is 13.0 Å². The summed E-state index contributed by atoms with van der Waals surface area (Å²) in [6.07, 6.45) is 2.52. The van der Waals surface area contributed by atoms with Crippen LogP contribution >= 0.6 is 0 Å². The molecule has 1 heterocycles. The summed E-state index contributed by atoms with van der Waals surface area (Å²) in [7, 11) is 0. The number of rotatable bonds is 9. The number of ether oxygens (including phenoxy) is 3. The summed E-state index contributed by atoms with van der Waals surface area (Å²) in [5.74, 6) is 2.38. The molecule has 0 saturated heterocycles. The summed E-state index contributed by atoms with van der Waals surface area (Å²) in [6.45, 7) is 9.73. The predicted molar refractivity (Wildman–Crippen MR) is 88.5 cm³/mol. The third-order valence-corrected chi connectivity index (χ3v) is 3.49. The zero-order chi connectivity index (χ0) is 16.7. The Morgan fingerprint density at radius 2 is 1.70 bits per heavy atom. The van der Waals surface area contributed by atoms with Gasteiger partial charge in [-0.25, -0.2) is 0 Å². The maximum Gasteiger partial charge on any atom is 0.203 e. The van der Waals surface area contributed by atoms with Gasteiger partial charge < -0.3 is 14.2 Å². The topological polar surface area (TPSA) is 69.3 Å². The van der Waals surface area contributed by atoms with Gasteiger partial charge in [-0.15, -0.1) is 0 Å². The highest BCUT2D eigenvalue weighted by Crippen LogP contribution is 2.43. The fourth-order valence-corrected chi connectivity index (χ4v) is 2.54. The first-order valence-electron chi connectivity index (χ1n) is 8.11. The van der Waals surface area contributed by atoms with Gasteiger partial charge >= 0.3 is 0 Å². The lowest BCUT2D eigenvalue weighted by Crippen LogP contribution is -2.08. The average Bonchev–Trinajstić information content (AvgIpc) is 3.03. The highest BCUT2D eigenvalue weighted by Gasteiger charge is 2.21. The molecular weight excluding hydrogens is 294 g/mol. The van der Waals surface area contributed by atoms with E-state index in [1.807, 2.05) is 32.9 Å². The van der Waals surface area contributed by atoms with Crippen LogP contribution in [-0.4, -0.2) is 35.2 Å². The molecule has 0 bridgehead atoms. The molecule has 23 heavy (non-hydrogen) atoms. The highest BCUT2D eigenvalue weighted by molar-refractivity contribution is 5.57. The Balaban J connectivity index is 2.38. The van der Waals surface area contributed by atoms with Crippen molar-refractivity contribution in [3.8, 4) is 17.2 Å². The van der Waals surface area contributed by atoms with Crippen molar-refractivity contribution in [2.24, 2.45) is 0 Å². The van der Waals surface area contributed by atoms with Crippen molar-refractivity contribution in [1.29, 1.82) is 0 Å². The van der Waals surface area contributed by atoms with Gasteiger partial charge in [0.1, 0.15) is 0 Å². The van der Waals surface area contributed by atoms with Crippen molar-refractivity contribution >= 4 is 0 Å². The minimum atomic E-state index is 0.219. The largest absolute Gasteiger partial charge is 0.490 e. The van der Waals surface area contributed by atoms with Crippen LogP contribution in [-0.2, 0) is 6.42 Å². The zero-order valence-corrected chi connectivity index (χ0v) is 14.3. The minimum Gasteiger partial charge on any atom is -0.490 e. The molecule has 6 heteroatoms. The van der Waals surface area contributed by atoms with Crippen LogP contribution < -0.4 is 14.2 Å². The SMILES string of the molecule is CCOc1ccc(C(C)Cc2cn[nH]n2)c(OCC)c1OCC. The van der Waals surface area contributed by atoms with E-state index in [0.717, 1.165) is 29.2 Å². The van der Waals surface area contributed by atoms with Crippen LogP contribution in [0.4, 0.5) is 0 Å². The molecule has 1 N–H and O–H groups in total. The molecule has 0 amide bonds. The Kier molecular flexibility index (Phi) is 6.26. The van der Waals surface area contributed by atoms with Gasteiger partial charge in [0.15, 0.2) is 11.5 Å². The number of hydrogen-bond donors (Lipinski definition) is 1. The Morgan fingerprint density at radius 3 is 2.30 bits per heavy atom. The van der Waals surface area contributed by atoms with Crippen molar-refractivity contribution in [3.05, 3.63) is 29.6 Å². The summed E-state index contributed by atoms with van der Waals surface area (Å²) < 4.78 is 17.4. The van der Waals surface area contributed by atoms with E-state index in [9.17, 15) is 0 Å². The first kappa shape index (κ1) is 17.1. The second kappa shape index (κ2) is 8.41. The molecule has 6 nitrogen and oxygen atoms in total. The number of aromatic amines is 1. The van der Waals surface area contributed by atoms with Crippen LogP contribution in [0.5, 0.6) is 17.2 Å². The maximum absolute atomic E-state index is 5.90. The van der Waals surface area contributed by atoms with Gasteiger partial charge in [0, 0.05) is 5.56 Å². The first-order chi connectivity index (χ1) is 11.2. The van der Waals surface area contributed by atoms with Crippen molar-refractivity contribution in [1.82, 2.24) is 15.4 Å². The van der Waals surface area contributed by atoms with E-state index in [2.05, 4.69) is 22.3 Å². The summed E-state index contributed by atoms with van der Waals surface area (Å²) >= 11 is 0. The number of hydrogen-bond acceptors (Lipinski definition) is 5. The lowest BCUT2D eigenvalue weighted by Gasteiger charge is -2.21. The maximum atomic E-state index is 5.90. The molecule has 0 radical (unpaired) electrons. The van der Waals surface area contributed by atoms with Crippen LogP contribution in [0, 0.1) is 0 Å². The van der Waals surface area contributed by atoms with Crippen LogP contribution in [0.2, 0.25) is 0 Å². The van der Waals surface area contributed by atoms with Crippen molar-refractivity contribution in [3.63, 3.8) is 0 Å². The van der Waals surface area contributed by atoms with Gasteiger partial charge in [0.25, 0.3) is 0 Å². The van der Waals surface area contributed by atoms with E-state index >= 15 is 0 Å². The number of aromatic nitrogens is 3. The molecule has 0 saturated carbocycles. The first-order valence-corrected chi connectivity index (χ1v) is 8.11. The minimum absolute atomic E-state index is 0.219. The zero-order valence-electron chi connectivity index (χ0n) is 14.3. The van der Waals surface area contributed by atoms with Gasteiger partial charge in [-0.3, -0.25) is 0 Å². The second-order valence-electron chi connectivity index (χ2n) is 5.18. The van der Waals surface area contributed by atoms with Gasteiger partial charge in [-0.05, 0) is 39.2 Å². The van der Waals surface area contributed by atoms with Crippen LogP contribution in [0.1, 0.15) is 44.9 Å². The van der Waals surface area contributed by atoms with Crippen LogP contribution in [0.25, 0.3) is 0 Å². The Bertz CT molecular complexity index is 599. The number of H-pyrrole nitrogens is 1. The lowest BCUT2D eigenvalue weighted by molar-refractivity contribution is 0.258. The van der Waals surface area contributed by atoms with E-state index in [1.165, 1.54) is 0 Å². The molecule has 1 aromatic carbocycles. The molecule has 0 fully saturated rings. The fourth-order valence-electron chi connectivity index (χ4n) is 2.54. The average molecular weight is 319 g/mol. The summed E-state index contributed by atoms with van der Waals surface area (Å²) in [6, 6.07) is 3.99. The molecule has 126 valence electrons. The quantitative estimate of drug-likeness (QED) is 0.767. The fraction of sp³-hybridized carbons (Fsp3) is 0.529. The number of benzene rings is 1. The molecule has 1 aromatic heterocycles. The van der Waals surface area contributed by atoms with Crippen molar-refractivity contribution in [2.45, 2.75) is 40.0 Å². The van der Waals surface area contributed by atoms with Crippen molar-refractivity contribution < 1.29 is 14.2 Å². The molecule has 1 atom stereocenters. The van der Waals surface area contributed by atoms with Crippen LogP contribution in [0.15, 0.2) is 18.3 Å². The third kappa shape index (κ3) is 4.15. The Hall–Kier alpha value is -2.24. The number of nitrogens with one attached hydrogen (secondary N) is 1. The van der Waals surface area contributed by atoms with Crippen LogP contribution in [0.3, 0.4) is 0 Å². The van der Waals surface area contributed by atoms with E-state index in [4.69, 9.17) is 14.2 Å². The van der Waals surface area contributed by atoms with E-state index in [1.54, 1.807) is 6.20 Å². The second-order valence-corrected chi connectivity index (χ2v) is 5.18. The monoisotopic (exact) mass is 319 g/mol. The third-order valence-electron chi connectivity index (χ3n) is 3.49. The molecule has 2 aromatic rings. The summed E-state index contributed by atoms with van der Waals surface area (Å²) in [5.41, 5.74) is 2.01. The highest BCUT2D eigenvalue weighted by atomic mass is 16.5. The molecule has 2 rings (SSSR count). The van der Waals surface area contributed by atoms with Gasteiger partial charge in [0.05, 0.1) is 31.7 Å². The van der Waals surface area contributed by atoms with Crippen molar-refractivity contribution in [2.75, 3.05) is 19.8 Å². The van der Waals surface area contributed by atoms with E-state index < -0.39 is 0 Å². The Morgan fingerprint density at radius 1 is 1.00 bits per heavy atom. The smallest absolute Gasteiger partial charge is 0.203 e. The molecule has 0 aliphatic rings. The van der Waals surface area contributed by atoms with E-state index in [-0.39, 0.29) is 5.92 Å². The predicted octanol–water partition coefficient (Wildman–Crippen LogP) is 3.35. The molecule has 1 unspecified atom stereocenters. The molecule has 0 aliphatic carbocycles. The molecule has 0 spiro atoms. The normalized spacial score (nSPS) is 12.0. The van der Waals surface area contributed by atoms with Gasteiger partial charge in [-0.2, -0.15) is 15.4 Å². The molecular formula is C17H25N3O3.